The molecule has 3 heteroatoms. The topological polar surface area (TPSA) is 37.4 Å². The Kier molecular flexibility index (Phi) is 4.74. The van der Waals surface area contributed by atoms with Crippen LogP contribution in [0.15, 0.2) is 84.9 Å². The summed E-state index contributed by atoms with van der Waals surface area (Å²) in [6.07, 6.45) is 1.82. The van der Waals surface area contributed by atoms with Gasteiger partial charge in [0.25, 0.3) is 0 Å². The maximum absolute atomic E-state index is 13.7. The number of carbonyl (C=O) groups is 2. The molecule has 4 atom stereocenters. The van der Waals surface area contributed by atoms with Gasteiger partial charge in [0.1, 0.15) is 0 Å². The van der Waals surface area contributed by atoms with Gasteiger partial charge in [-0.25, -0.2) is 0 Å². The van der Waals surface area contributed by atoms with Crippen LogP contribution in [0.2, 0.25) is 0 Å². The molecule has 2 aliphatic rings. The minimum atomic E-state index is -0.320. The lowest BCUT2D eigenvalue weighted by atomic mass is 9.64. The van der Waals surface area contributed by atoms with Gasteiger partial charge in [-0.3, -0.25) is 14.5 Å². The minimum Gasteiger partial charge on any atom is -0.274 e. The highest BCUT2D eigenvalue weighted by Gasteiger charge is 2.56. The highest BCUT2D eigenvalue weighted by molar-refractivity contribution is 6.22. The van der Waals surface area contributed by atoms with E-state index in [4.69, 9.17) is 0 Å². The molecule has 1 saturated heterocycles. The Hall–Kier alpha value is -3.20. The maximum atomic E-state index is 13.7. The SMILES string of the molecule is Cc1cccc(N2C(=O)[C@@H]3[C@@H](C2=O)[C@H](c2ccccc2)CC[C@@H]3c2ccccc2)c1. The average molecular weight is 396 g/mol. The Morgan fingerprint density at radius 2 is 1.17 bits per heavy atom. The predicted octanol–water partition coefficient (Wildman–Crippen LogP) is 5.46. The maximum Gasteiger partial charge on any atom is 0.238 e. The van der Waals surface area contributed by atoms with Gasteiger partial charge < -0.3 is 0 Å². The van der Waals surface area contributed by atoms with Gasteiger partial charge >= 0.3 is 0 Å². The predicted molar refractivity (Wildman–Crippen MR) is 118 cm³/mol. The summed E-state index contributed by atoms with van der Waals surface area (Å²) in [4.78, 5) is 28.9. The summed E-state index contributed by atoms with van der Waals surface area (Å²) >= 11 is 0. The molecular weight excluding hydrogens is 370 g/mol. The molecule has 0 spiro atoms. The first kappa shape index (κ1) is 18.8. The Balaban J connectivity index is 1.61. The largest absolute Gasteiger partial charge is 0.274 e. The third-order valence-corrected chi connectivity index (χ3v) is 6.77. The van der Waals surface area contributed by atoms with E-state index in [1.54, 1.807) is 0 Å². The van der Waals surface area contributed by atoms with Gasteiger partial charge in [0.2, 0.25) is 11.8 Å². The molecule has 0 aromatic heterocycles. The lowest BCUT2D eigenvalue weighted by molar-refractivity contribution is -0.122. The number of fused-ring (bicyclic) bond motifs is 1. The van der Waals surface area contributed by atoms with Gasteiger partial charge in [0.15, 0.2) is 0 Å². The van der Waals surface area contributed by atoms with E-state index >= 15 is 0 Å². The number of hydrogen-bond acceptors (Lipinski definition) is 2. The van der Waals surface area contributed by atoms with Crippen LogP contribution in [0.4, 0.5) is 5.69 Å². The molecule has 1 saturated carbocycles. The normalized spacial score (nSPS) is 26.0. The van der Waals surface area contributed by atoms with Crippen molar-refractivity contribution in [1.82, 2.24) is 0 Å². The van der Waals surface area contributed by atoms with Gasteiger partial charge in [0.05, 0.1) is 17.5 Å². The number of rotatable bonds is 3. The van der Waals surface area contributed by atoms with E-state index in [0.29, 0.717) is 5.69 Å². The minimum absolute atomic E-state index is 0.0508. The fraction of sp³-hybridized carbons (Fsp3) is 0.259. The zero-order chi connectivity index (χ0) is 20.7. The summed E-state index contributed by atoms with van der Waals surface area (Å²) in [5.41, 5.74) is 4.05. The third kappa shape index (κ3) is 3.06. The van der Waals surface area contributed by atoms with Gasteiger partial charge in [0, 0.05) is 0 Å². The van der Waals surface area contributed by atoms with Crippen LogP contribution in [0.1, 0.15) is 41.4 Å². The van der Waals surface area contributed by atoms with E-state index < -0.39 is 0 Å². The van der Waals surface area contributed by atoms with E-state index in [-0.39, 0.29) is 35.5 Å². The van der Waals surface area contributed by atoms with Crippen LogP contribution in [0.5, 0.6) is 0 Å². The van der Waals surface area contributed by atoms with Crippen molar-refractivity contribution in [2.75, 3.05) is 4.90 Å². The van der Waals surface area contributed by atoms with Gasteiger partial charge in [-0.1, -0.05) is 72.8 Å². The Morgan fingerprint density at radius 1 is 0.667 bits per heavy atom. The van der Waals surface area contributed by atoms with Crippen LogP contribution in [0, 0.1) is 18.8 Å². The van der Waals surface area contributed by atoms with Crippen molar-refractivity contribution >= 4 is 17.5 Å². The van der Waals surface area contributed by atoms with Crippen molar-refractivity contribution in [2.45, 2.75) is 31.6 Å². The standard InChI is InChI=1S/C27H25NO2/c1-18-9-8-14-21(17-18)28-26(29)24-22(19-10-4-2-5-11-19)15-16-23(25(24)27(28)30)20-12-6-3-7-13-20/h2-14,17,22-25H,15-16H2,1H3/t22-,23+,24-,25-/m0/s1. The fourth-order valence-electron chi connectivity index (χ4n) is 5.45. The van der Waals surface area contributed by atoms with Gasteiger partial charge in [-0.15, -0.1) is 0 Å². The van der Waals surface area contributed by atoms with Crippen LogP contribution < -0.4 is 4.90 Å². The van der Waals surface area contributed by atoms with Crippen LogP contribution in [0.25, 0.3) is 0 Å². The zero-order valence-electron chi connectivity index (χ0n) is 17.1. The summed E-state index contributed by atoms with van der Waals surface area (Å²) in [7, 11) is 0. The van der Waals surface area contributed by atoms with Crippen molar-refractivity contribution < 1.29 is 9.59 Å². The lowest BCUT2D eigenvalue weighted by Crippen LogP contribution is -2.34. The molecule has 2 fully saturated rings. The number of anilines is 1. The molecule has 5 rings (SSSR count). The first-order chi connectivity index (χ1) is 14.6. The summed E-state index contributed by atoms with van der Waals surface area (Å²) in [5.74, 6) is -0.598. The molecular formula is C27H25NO2. The molecule has 150 valence electrons. The van der Waals surface area contributed by atoms with Crippen molar-refractivity contribution in [3.05, 3.63) is 102 Å². The van der Waals surface area contributed by atoms with Gasteiger partial charge in [-0.05, 0) is 60.4 Å². The fourth-order valence-corrected chi connectivity index (χ4v) is 5.45. The van der Waals surface area contributed by atoms with Crippen molar-refractivity contribution in [3.8, 4) is 0 Å². The van der Waals surface area contributed by atoms with E-state index in [1.165, 1.54) is 4.90 Å². The smallest absolute Gasteiger partial charge is 0.238 e. The summed E-state index contributed by atoms with van der Waals surface area (Å²) in [5, 5.41) is 0. The first-order valence-electron chi connectivity index (χ1n) is 10.7. The second-order valence-electron chi connectivity index (χ2n) is 8.51. The number of carbonyl (C=O) groups excluding carboxylic acids is 2. The average Bonchev–Trinajstić information content (AvgIpc) is 3.05. The van der Waals surface area contributed by atoms with E-state index in [1.807, 2.05) is 67.6 Å². The van der Waals surface area contributed by atoms with Crippen LogP contribution in [-0.4, -0.2) is 11.8 Å². The first-order valence-corrected chi connectivity index (χ1v) is 10.7. The second kappa shape index (κ2) is 7.56. The number of nitrogens with zero attached hydrogens (tertiary/aromatic N) is 1. The molecule has 3 aromatic carbocycles. The monoisotopic (exact) mass is 395 g/mol. The van der Waals surface area contributed by atoms with Crippen molar-refractivity contribution in [2.24, 2.45) is 11.8 Å². The molecule has 0 bridgehead atoms. The van der Waals surface area contributed by atoms with Crippen LogP contribution in [0.3, 0.4) is 0 Å². The molecule has 2 amide bonds. The molecule has 3 aromatic rings. The Morgan fingerprint density at radius 3 is 1.63 bits per heavy atom. The summed E-state index contributed by atoms with van der Waals surface area (Å²) in [6, 6.07) is 28.2. The van der Waals surface area contributed by atoms with Crippen molar-refractivity contribution in [1.29, 1.82) is 0 Å². The Bertz CT molecular complexity index is 1010. The van der Waals surface area contributed by atoms with E-state index in [9.17, 15) is 9.59 Å². The van der Waals surface area contributed by atoms with Crippen molar-refractivity contribution in [3.63, 3.8) is 0 Å². The number of amides is 2. The zero-order valence-corrected chi connectivity index (χ0v) is 17.1. The second-order valence-corrected chi connectivity index (χ2v) is 8.51. The molecule has 30 heavy (non-hydrogen) atoms. The quantitative estimate of drug-likeness (QED) is 0.552. The molecule has 1 aliphatic heterocycles. The molecule has 0 unspecified atom stereocenters. The highest BCUT2D eigenvalue weighted by atomic mass is 16.2. The molecule has 3 nitrogen and oxygen atoms in total. The number of imide groups is 1. The third-order valence-electron chi connectivity index (χ3n) is 6.77. The number of hydrogen-bond donors (Lipinski definition) is 0. The van der Waals surface area contributed by atoms with Crippen LogP contribution in [-0.2, 0) is 9.59 Å². The summed E-state index contributed by atoms with van der Waals surface area (Å²) < 4.78 is 0. The number of benzene rings is 3. The molecule has 0 N–H and O–H groups in total. The Labute approximate surface area is 177 Å². The van der Waals surface area contributed by atoms with E-state index in [2.05, 4.69) is 24.3 Å². The molecule has 0 radical (unpaired) electrons. The van der Waals surface area contributed by atoms with E-state index in [0.717, 1.165) is 29.5 Å². The summed E-state index contributed by atoms with van der Waals surface area (Å²) in [6.45, 7) is 1.99. The lowest BCUT2D eigenvalue weighted by Gasteiger charge is -2.37. The van der Waals surface area contributed by atoms with Crippen LogP contribution >= 0.6 is 0 Å². The highest BCUT2D eigenvalue weighted by Crippen LogP contribution is 2.53. The molecule has 1 heterocycles. The molecule has 1 aliphatic carbocycles. The van der Waals surface area contributed by atoms with Gasteiger partial charge in [-0.2, -0.15) is 0 Å². The number of aryl methyl sites for hydroxylation is 1.